The SMILES string of the molecule is Brc1cccc2c1C(c1ccccc1)(c1ccccc1)c1cccc3cccc-2c13. The zero-order valence-corrected chi connectivity index (χ0v) is 17.9. The first-order chi connectivity index (χ1) is 14.8. The molecule has 1 aliphatic rings. The highest BCUT2D eigenvalue weighted by atomic mass is 79.9. The smallest absolute Gasteiger partial charge is 0.0622 e. The first-order valence-corrected chi connectivity index (χ1v) is 11.0. The molecule has 0 unspecified atom stereocenters. The van der Waals surface area contributed by atoms with Crippen molar-refractivity contribution in [3.8, 4) is 11.1 Å². The number of fused-ring (bicyclic) bond motifs is 2. The van der Waals surface area contributed by atoms with Gasteiger partial charge in [-0.2, -0.15) is 0 Å². The van der Waals surface area contributed by atoms with Crippen molar-refractivity contribution in [3.63, 3.8) is 0 Å². The van der Waals surface area contributed by atoms with Crippen LogP contribution in [0.3, 0.4) is 0 Å². The maximum absolute atomic E-state index is 3.95. The summed E-state index contributed by atoms with van der Waals surface area (Å²) in [7, 11) is 0. The lowest BCUT2D eigenvalue weighted by Gasteiger charge is -2.42. The summed E-state index contributed by atoms with van der Waals surface area (Å²) in [6.07, 6.45) is 0. The lowest BCUT2D eigenvalue weighted by atomic mass is 9.59. The largest absolute Gasteiger partial charge is 0.0724 e. The minimum absolute atomic E-state index is 0.397. The van der Waals surface area contributed by atoms with Crippen LogP contribution >= 0.6 is 15.9 Å². The second-order valence-corrected chi connectivity index (χ2v) is 8.71. The lowest BCUT2D eigenvalue weighted by molar-refractivity contribution is 0.745. The molecule has 6 rings (SSSR count). The zero-order chi connectivity index (χ0) is 20.1. The Morgan fingerprint density at radius 3 is 1.73 bits per heavy atom. The number of rotatable bonds is 2. The molecule has 0 heterocycles. The Hall–Kier alpha value is -3.16. The van der Waals surface area contributed by atoms with Gasteiger partial charge in [-0.1, -0.05) is 125 Å². The van der Waals surface area contributed by atoms with E-state index in [1.165, 1.54) is 44.2 Å². The van der Waals surface area contributed by atoms with Crippen LogP contribution < -0.4 is 0 Å². The summed E-state index contributed by atoms with van der Waals surface area (Å²) in [5.41, 5.74) is 7.42. The number of benzene rings is 5. The Morgan fingerprint density at radius 1 is 0.500 bits per heavy atom. The summed E-state index contributed by atoms with van der Waals surface area (Å²) in [4.78, 5) is 0. The third kappa shape index (κ3) is 2.27. The topological polar surface area (TPSA) is 0 Å². The molecule has 0 saturated heterocycles. The second-order valence-electron chi connectivity index (χ2n) is 7.85. The van der Waals surface area contributed by atoms with Gasteiger partial charge in [0.15, 0.2) is 0 Å². The number of halogens is 1. The van der Waals surface area contributed by atoms with Crippen molar-refractivity contribution in [3.05, 3.63) is 142 Å². The number of hydrogen-bond donors (Lipinski definition) is 0. The monoisotopic (exact) mass is 446 g/mol. The van der Waals surface area contributed by atoms with Crippen molar-refractivity contribution in [1.82, 2.24) is 0 Å². The van der Waals surface area contributed by atoms with Crippen molar-refractivity contribution in [2.24, 2.45) is 0 Å². The van der Waals surface area contributed by atoms with Crippen LogP contribution in [0.5, 0.6) is 0 Å². The van der Waals surface area contributed by atoms with Crippen LogP contribution in [0.25, 0.3) is 21.9 Å². The number of hydrogen-bond acceptors (Lipinski definition) is 0. The van der Waals surface area contributed by atoms with Crippen LogP contribution in [-0.4, -0.2) is 0 Å². The van der Waals surface area contributed by atoms with Gasteiger partial charge in [0.05, 0.1) is 5.41 Å². The molecule has 0 radical (unpaired) electrons. The highest BCUT2D eigenvalue weighted by Gasteiger charge is 2.45. The van der Waals surface area contributed by atoms with Crippen LogP contribution in [0, 0.1) is 0 Å². The summed E-state index contributed by atoms with van der Waals surface area (Å²) in [5, 5.41) is 2.63. The molecule has 0 saturated carbocycles. The molecule has 1 heteroatoms. The van der Waals surface area contributed by atoms with E-state index in [-0.39, 0.29) is 0 Å². The second kappa shape index (κ2) is 6.68. The van der Waals surface area contributed by atoms with Gasteiger partial charge < -0.3 is 0 Å². The molecule has 0 N–H and O–H groups in total. The molecule has 0 bridgehead atoms. The summed E-state index contributed by atoms with van der Waals surface area (Å²) >= 11 is 3.95. The highest BCUT2D eigenvalue weighted by molar-refractivity contribution is 9.10. The Labute approximate surface area is 185 Å². The minimum Gasteiger partial charge on any atom is -0.0622 e. The average Bonchev–Trinajstić information content (AvgIpc) is 2.81. The Bertz CT molecular complexity index is 1340. The van der Waals surface area contributed by atoms with Gasteiger partial charge >= 0.3 is 0 Å². The van der Waals surface area contributed by atoms with E-state index in [4.69, 9.17) is 0 Å². The molecule has 0 spiro atoms. The quantitative estimate of drug-likeness (QED) is 0.253. The van der Waals surface area contributed by atoms with Crippen molar-refractivity contribution < 1.29 is 0 Å². The first kappa shape index (κ1) is 17.7. The van der Waals surface area contributed by atoms with Crippen LogP contribution in [0.2, 0.25) is 0 Å². The molecule has 1 aliphatic carbocycles. The van der Waals surface area contributed by atoms with Crippen molar-refractivity contribution in [2.75, 3.05) is 0 Å². The third-order valence-corrected chi connectivity index (χ3v) is 7.06. The fourth-order valence-electron chi connectivity index (χ4n) is 5.28. The van der Waals surface area contributed by atoms with Crippen molar-refractivity contribution in [2.45, 2.75) is 5.41 Å². The maximum Gasteiger partial charge on any atom is 0.0724 e. The van der Waals surface area contributed by atoms with Gasteiger partial charge in [-0.05, 0) is 50.2 Å². The summed E-state index contributed by atoms with van der Waals surface area (Å²) in [5.74, 6) is 0. The Balaban J connectivity index is 1.93. The average molecular weight is 447 g/mol. The van der Waals surface area contributed by atoms with Gasteiger partial charge in [-0.3, -0.25) is 0 Å². The Kier molecular flexibility index (Phi) is 3.94. The lowest BCUT2D eigenvalue weighted by Crippen LogP contribution is -2.34. The van der Waals surface area contributed by atoms with E-state index >= 15 is 0 Å². The van der Waals surface area contributed by atoms with Gasteiger partial charge in [0.1, 0.15) is 0 Å². The van der Waals surface area contributed by atoms with E-state index in [2.05, 4.69) is 131 Å². The molecular formula is C29H19Br. The van der Waals surface area contributed by atoms with Crippen LogP contribution in [0.4, 0.5) is 0 Å². The molecule has 0 nitrogen and oxygen atoms in total. The highest BCUT2D eigenvalue weighted by Crippen LogP contribution is 2.56. The summed E-state index contributed by atoms with van der Waals surface area (Å²) in [6.45, 7) is 0. The van der Waals surface area contributed by atoms with E-state index in [1.54, 1.807) is 0 Å². The van der Waals surface area contributed by atoms with Gasteiger partial charge in [0.25, 0.3) is 0 Å². The maximum atomic E-state index is 3.95. The molecule has 0 amide bonds. The van der Waals surface area contributed by atoms with Gasteiger partial charge in [0.2, 0.25) is 0 Å². The van der Waals surface area contributed by atoms with Crippen LogP contribution in [-0.2, 0) is 5.41 Å². The zero-order valence-electron chi connectivity index (χ0n) is 16.3. The summed E-state index contributed by atoms with van der Waals surface area (Å²) in [6, 6.07) is 41.9. The molecule has 5 aromatic carbocycles. The molecule has 0 fully saturated rings. The van der Waals surface area contributed by atoms with Crippen LogP contribution in [0.1, 0.15) is 22.3 Å². The van der Waals surface area contributed by atoms with Gasteiger partial charge in [-0.25, -0.2) is 0 Å². The van der Waals surface area contributed by atoms with Crippen LogP contribution in [0.15, 0.2) is 120 Å². The molecule has 142 valence electrons. The van der Waals surface area contributed by atoms with E-state index in [0.717, 1.165) is 4.47 Å². The van der Waals surface area contributed by atoms with Crippen molar-refractivity contribution >= 4 is 26.7 Å². The third-order valence-electron chi connectivity index (χ3n) is 6.40. The molecule has 0 aromatic heterocycles. The molecular weight excluding hydrogens is 428 g/mol. The fraction of sp³-hybridized carbons (Fsp3) is 0.0345. The predicted octanol–water partition coefficient (Wildman–Crippen LogP) is 7.97. The normalized spacial score (nSPS) is 13.8. The van der Waals surface area contributed by atoms with E-state index in [0.29, 0.717) is 0 Å². The Morgan fingerprint density at radius 2 is 1.07 bits per heavy atom. The predicted molar refractivity (Wildman–Crippen MR) is 129 cm³/mol. The van der Waals surface area contributed by atoms with Gasteiger partial charge in [-0.15, -0.1) is 0 Å². The standard InChI is InChI=1S/C29H19Br/c30-26-19-9-17-24-23-16-7-10-20-11-8-18-25(27(20)23)29(28(24)26,21-12-3-1-4-13-21)22-14-5-2-6-15-22/h1-19H. The van der Waals surface area contributed by atoms with E-state index in [9.17, 15) is 0 Å². The molecule has 30 heavy (non-hydrogen) atoms. The minimum atomic E-state index is -0.397. The molecule has 0 atom stereocenters. The fourth-order valence-corrected chi connectivity index (χ4v) is 5.95. The van der Waals surface area contributed by atoms with Gasteiger partial charge in [0, 0.05) is 4.47 Å². The summed E-state index contributed by atoms with van der Waals surface area (Å²) < 4.78 is 1.14. The molecule has 0 aliphatic heterocycles. The van der Waals surface area contributed by atoms with E-state index < -0.39 is 5.41 Å². The van der Waals surface area contributed by atoms with Crippen molar-refractivity contribution in [1.29, 1.82) is 0 Å². The first-order valence-electron chi connectivity index (χ1n) is 10.2. The molecule has 5 aromatic rings. The van der Waals surface area contributed by atoms with E-state index in [1.807, 2.05) is 0 Å².